The fourth-order valence-corrected chi connectivity index (χ4v) is 3.34. The van der Waals surface area contributed by atoms with Crippen LogP contribution in [0.4, 0.5) is 0 Å². The molecule has 0 saturated heterocycles. The molecular weight excluding hydrogens is 304 g/mol. The van der Waals surface area contributed by atoms with Crippen LogP contribution in [0.25, 0.3) is 0 Å². The quantitative estimate of drug-likeness (QED) is 0.895. The summed E-state index contributed by atoms with van der Waals surface area (Å²) in [5.74, 6) is 2.11. The van der Waals surface area contributed by atoms with E-state index in [1.807, 2.05) is 25.6 Å². The van der Waals surface area contributed by atoms with Crippen LogP contribution >= 0.6 is 0 Å². The van der Waals surface area contributed by atoms with E-state index in [2.05, 4.69) is 25.2 Å². The summed E-state index contributed by atoms with van der Waals surface area (Å²) in [6.07, 6.45) is 5.75. The van der Waals surface area contributed by atoms with E-state index in [1.165, 1.54) is 19.3 Å². The van der Waals surface area contributed by atoms with Crippen LogP contribution in [-0.2, 0) is 37.6 Å². The van der Waals surface area contributed by atoms with Crippen molar-refractivity contribution in [2.24, 2.45) is 7.05 Å². The molecule has 7 heteroatoms. The summed E-state index contributed by atoms with van der Waals surface area (Å²) in [6, 6.07) is 0. The number of nitrogens with one attached hydrogen (secondary N) is 1. The summed E-state index contributed by atoms with van der Waals surface area (Å²) >= 11 is 0. The maximum atomic E-state index is 12.2. The molecule has 7 nitrogen and oxygen atoms in total. The highest BCUT2D eigenvalue weighted by Crippen LogP contribution is 2.15. The van der Waals surface area contributed by atoms with Gasteiger partial charge >= 0.3 is 0 Å². The number of aryl methyl sites for hydroxylation is 3. The molecule has 3 heterocycles. The first-order valence-electron chi connectivity index (χ1n) is 8.73. The van der Waals surface area contributed by atoms with E-state index in [0.717, 1.165) is 48.0 Å². The van der Waals surface area contributed by atoms with Crippen LogP contribution in [0.15, 0.2) is 0 Å². The summed E-state index contributed by atoms with van der Waals surface area (Å²) < 4.78 is 4.05. The van der Waals surface area contributed by atoms with Crippen LogP contribution in [0.3, 0.4) is 0 Å². The Hall–Kier alpha value is -2.18. The van der Waals surface area contributed by atoms with Crippen molar-refractivity contribution in [1.82, 2.24) is 29.9 Å². The highest BCUT2D eigenvalue weighted by Gasteiger charge is 2.16. The minimum absolute atomic E-state index is 0.0322. The molecular formula is C17H26N6O. The van der Waals surface area contributed by atoms with Gasteiger partial charge in [-0.05, 0) is 26.7 Å². The molecule has 0 aliphatic carbocycles. The van der Waals surface area contributed by atoms with Gasteiger partial charge < -0.3 is 9.88 Å². The summed E-state index contributed by atoms with van der Waals surface area (Å²) in [6.45, 7) is 5.53. The highest BCUT2D eigenvalue weighted by atomic mass is 16.1. The van der Waals surface area contributed by atoms with E-state index in [9.17, 15) is 4.79 Å². The Labute approximate surface area is 142 Å². The number of rotatable bonds is 5. The molecule has 0 unspecified atom stereocenters. The van der Waals surface area contributed by atoms with E-state index in [0.29, 0.717) is 13.0 Å². The second-order valence-corrected chi connectivity index (χ2v) is 6.54. The van der Waals surface area contributed by atoms with E-state index in [-0.39, 0.29) is 5.91 Å². The SMILES string of the molecule is Cc1nn(C)c(C)c1CC(=O)NCCc1nnc2n1CCCCC2. The number of fused-ring (bicyclic) bond motifs is 1. The lowest BCUT2D eigenvalue weighted by Gasteiger charge is -2.08. The monoisotopic (exact) mass is 330 g/mol. The standard InChI is InChI=1S/C17H26N6O/c1-12-14(13(2)22(3)21-12)11-17(24)18-9-8-16-20-19-15-7-5-4-6-10-23(15)16/h4-11H2,1-3H3,(H,18,24). The second-order valence-electron chi connectivity index (χ2n) is 6.54. The third-order valence-electron chi connectivity index (χ3n) is 4.85. The lowest BCUT2D eigenvalue weighted by Crippen LogP contribution is -2.28. The van der Waals surface area contributed by atoms with Gasteiger partial charge in [-0.25, -0.2) is 0 Å². The second kappa shape index (κ2) is 7.15. The van der Waals surface area contributed by atoms with E-state index in [4.69, 9.17) is 0 Å². The minimum atomic E-state index is 0.0322. The zero-order chi connectivity index (χ0) is 17.1. The summed E-state index contributed by atoms with van der Waals surface area (Å²) in [4.78, 5) is 12.2. The maximum Gasteiger partial charge on any atom is 0.224 e. The largest absolute Gasteiger partial charge is 0.355 e. The summed E-state index contributed by atoms with van der Waals surface area (Å²) in [5, 5.41) is 16.0. The Morgan fingerprint density at radius 2 is 2.04 bits per heavy atom. The molecule has 0 fully saturated rings. The van der Waals surface area contributed by atoms with Crippen molar-refractivity contribution in [2.45, 2.75) is 58.9 Å². The molecule has 0 bridgehead atoms. The molecule has 0 radical (unpaired) electrons. The number of hydrogen-bond donors (Lipinski definition) is 1. The molecule has 2 aromatic heterocycles. The third-order valence-corrected chi connectivity index (χ3v) is 4.85. The first-order valence-corrected chi connectivity index (χ1v) is 8.73. The maximum absolute atomic E-state index is 12.2. The molecule has 0 atom stereocenters. The Kier molecular flexibility index (Phi) is 4.97. The molecule has 0 aromatic carbocycles. The van der Waals surface area contributed by atoms with Gasteiger partial charge in [0.2, 0.25) is 5.91 Å². The topological polar surface area (TPSA) is 77.6 Å². The minimum Gasteiger partial charge on any atom is -0.355 e. The first kappa shape index (κ1) is 16.7. The smallest absolute Gasteiger partial charge is 0.224 e. The molecule has 2 aromatic rings. The molecule has 0 saturated carbocycles. The number of nitrogens with zero attached hydrogens (tertiary/aromatic N) is 5. The van der Waals surface area contributed by atoms with E-state index in [1.54, 1.807) is 0 Å². The predicted molar refractivity (Wildman–Crippen MR) is 90.7 cm³/mol. The van der Waals surface area contributed by atoms with Crippen LogP contribution in [0.1, 0.15) is 47.9 Å². The number of carbonyl (C=O) groups is 1. The molecule has 0 spiro atoms. The van der Waals surface area contributed by atoms with Crippen molar-refractivity contribution in [3.63, 3.8) is 0 Å². The van der Waals surface area contributed by atoms with Crippen LogP contribution in [0.5, 0.6) is 0 Å². The number of amides is 1. The van der Waals surface area contributed by atoms with E-state index >= 15 is 0 Å². The van der Waals surface area contributed by atoms with Gasteiger partial charge in [0, 0.05) is 44.2 Å². The van der Waals surface area contributed by atoms with Crippen LogP contribution in [-0.4, -0.2) is 37.0 Å². The summed E-state index contributed by atoms with van der Waals surface area (Å²) in [7, 11) is 1.90. The van der Waals surface area contributed by atoms with Crippen molar-refractivity contribution in [2.75, 3.05) is 6.54 Å². The van der Waals surface area contributed by atoms with Gasteiger partial charge in [-0.2, -0.15) is 5.10 Å². The van der Waals surface area contributed by atoms with Crippen molar-refractivity contribution < 1.29 is 4.79 Å². The highest BCUT2D eigenvalue weighted by molar-refractivity contribution is 5.79. The van der Waals surface area contributed by atoms with Crippen molar-refractivity contribution in [1.29, 1.82) is 0 Å². The fraction of sp³-hybridized carbons (Fsp3) is 0.647. The van der Waals surface area contributed by atoms with Gasteiger partial charge in [-0.3, -0.25) is 9.48 Å². The van der Waals surface area contributed by atoms with Crippen LogP contribution in [0.2, 0.25) is 0 Å². The Morgan fingerprint density at radius 3 is 2.79 bits per heavy atom. The molecule has 1 N–H and O–H groups in total. The Morgan fingerprint density at radius 1 is 1.21 bits per heavy atom. The molecule has 24 heavy (non-hydrogen) atoms. The van der Waals surface area contributed by atoms with Gasteiger partial charge in [0.25, 0.3) is 0 Å². The Bertz CT molecular complexity index is 730. The van der Waals surface area contributed by atoms with Crippen molar-refractivity contribution in [3.8, 4) is 0 Å². The van der Waals surface area contributed by atoms with Gasteiger partial charge in [0.05, 0.1) is 12.1 Å². The zero-order valence-electron chi connectivity index (χ0n) is 14.8. The number of carbonyl (C=O) groups excluding carboxylic acids is 1. The third kappa shape index (κ3) is 3.49. The van der Waals surface area contributed by atoms with Gasteiger partial charge in [0.1, 0.15) is 11.6 Å². The molecule has 1 aliphatic heterocycles. The van der Waals surface area contributed by atoms with Crippen LogP contribution in [0, 0.1) is 13.8 Å². The summed E-state index contributed by atoms with van der Waals surface area (Å²) in [5.41, 5.74) is 2.99. The average Bonchev–Trinajstić information content (AvgIpc) is 2.91. The lowest BCUT2D eigenvalue weighted by molar-refractivity contribution is -0.120. The van der Waals surface area contributed by atoms with Gasteiger partial charge in [-0.15, -0.1) is 10.2 Å². The molecule has 3 rings (SSSR count). The van der Waals surface area contributed by atoms with Gasteiger partial charge in [-0.1, -0.05) is 6.42 Å². The van der Waals surface area contributed by atoms with Crippen molar-refractivity contribution >= 4 is 5.91 Å². The average molecular weight is 330 g/mol. The Balaban J connectivity index is 1.53. The number of aromatic nitrogens is 5. The normalized spacial score (nSPS) is 14.3. The van der Waals surface area contributed by atoms with Crippen molar-refractivity contribution in [3.05, 3.63) is 28.6 Å². The lowest BCUT2D eigenvalue weighted by atomic mass is 10.1. The van der Waals surface area contributed by atoms with E-state index < -0.39 is 0 Å². The molecule has 130 valence electrons. The first-order chi connectivity index (χ1) is 11.6. The fourth-order valence-electron chi connectivity index (χ4n) is 3.34. The molecule has 1 aliphatic rings. The predicted octanol–water partition coefficient (Wildman–Crippen LogP) is 1.26. The zero-order valence-corrected chi connectivity index (χ0v) is 14.8. The van der Waals surface area contributed by atoms with Gasteiger partial charge in [0.15, 0.2) is 0 Å². The van der Waals surface area contributed by atoms with Crippen LogP contribution < -0.4 is 5.32 Å². The molecule has 1 amide bonds. The number of hydrogen-bond acceptors (Lipinski definition) is 4.